The molecule has 1 aromatic carbocycles. The average Bonchev–Trinajstić information content (AvgIpc) is 2.59. The van der Waals surface area contributed by atoms with Crippen molar-refractivity contribution in [2.75, 3.05) is 0 Å². The molecule has 1 heterocycles. The molecule has 0 aliphatic rings. The smallest absolute Gasteiger partial charge is 0.229 e. The molecular formula is C10H7BrCl2FN3. The number of hydrogen-bond donors (Lipinski definition) is 0. The van der Waals surface area contributed by atoms with E-state index >= 15 is 0 Å². The third-order valence-electron chi connectivity index (χ3n) is 2.21. The molecule has 0 atom stereocenters. The van der Waals surface area contributed by atoms with Crippen LogP contribution in [-0.2, 0) is 6.42 Å². The molecule has 0 unspecified atom stereocenters. The maximum Gasteiger partial charge on any atom is 0.229 e. The summed E-state index contributed by atoms with van der Waals surface area (Å²) in [6.07, 6.45) is 0.639. The number of halogens is 4. The maximum atomic E-state index is 13.1. The molecule has 3 nitrogen and oxygen atoms in total. The van der Waals surface area contributed by atoms with E-state index in [0.29, 0.717) is 22.4 Å². The van der Waals surface area contributed by atoms with Crippen LogP contribution in [0.3, 0.4) is 0 Å². The van der Waals surface area contributed by atoms with Crippen LogP contribution in [0.2, 0.25) is 10.3 Å². The Labute approximate surface area is 116 Å². The van der Waals surface area contributed by atoms with Gasteiger partial charge in [0.25, 0.3) is 0 Å². The van der Waals surface area contributed by atoms with Gasteiger partial charge < -0.3 is 0 Å². The van der Waals surface area contributed by atoms with Gasteiger partial charge in [-0.25, -0.2) is 4.39 Å². The molecule has 0 aliphatic carbocycles. The first-order valence-electron chi connectivity index (χ1n) is 4.79. The summed E-state index contributed by atoms with van der Waals surface area (Å²) in [5.74, 6) is 0.233. The molecule has 7 heteroatoms. The molecule has 0 N–H and O–H groups in total. The second-order valence-electron chi connectivity index (χ2n) is 3.29. The van der Waals surface area contributed by atoms with E-state index in [4.69, 9.17) is 23.2 Å². The molecule has 0 aliphatic heterocycles. The Morgan fingerprint density at radius 1 is 1.35 bits per heavy atom. The van der Waals surface area contributed by atoms with E-state index in [1.807, 2.05) is 6.92 Å². The summed E-state index contributed by atoms with van der Waals surface area (Å²) in [6.45, 7) is 1.92. The van der Waals surface area contributed by atoms with Crippen LogP contribution in [0.15, 0.2) is 16.6 Å². The van der Waals surface area contributed by atoms with Crippen molar-refractivity contribution >= 4 is 39.1 Å². The quantitative estimate of drug-likeness (QED) is 0.827. The molecule has 0 radical (unpaired) electrons. The van der Waals surface area contributed by atoms with Crippen molar-refractivity contribution in [3.63, 3.8) is 0 Å². The van der Waals surface area contributed by atoms with Crippen molar-refractivity contribution < 1.29 is 4.39 Å². The Kier molecular flexibility index (Phi) is 3.70. The maximum absolute atomic E-state index is 13.1. The summed E-state index contributed by atoms with van der Waals surface area (Å²) in [5, 5.41) is 8.13. The van der Waals surface area contributed by atoms with Crippen LogP contribution in [0.1, 0.15) is 12.7 Å². The number of aromatic nitrogens is 3. The van der Waals surface area contributed by atoms with Crippen LogP contribution in [0.25, 0.3) is 5.69 Å². The summed E-state index contributed by atoms with van der Waals surface area (Å²) < 4.78 is 15.2. The van der Waals surface area contributed by atoms with Crippen molar-refractivity contribution in [1.82, 2.24) is 14.8 Å². The lowest BCUT2D eigenvalue weighted by atomic mass is 10.3. The van der Waals surface area contributed by atoms with Crippen LogP contribution in [0.5, 0.6) is 0 Å². The van der Waals surface area contributed by atoms with Gasteiger partial charge in [-0.2, -0.15) is 0 Å². The second-order valence-corrected chi connectivity index (χ2v) is 4.89. The third kappa shape index (κ3) is 2.32. The highest BCUT2D eigenvalue weighted by Gasteiger charge is 2.17. The first kappa shape index (κ1) is 12.8. The highest BCUT2D eigenvalue weighted by molar-refractivity contribution is 9.10. The summed E-state index contributed by atoms with van der Waals surface area (Å²) in [6, 6.07) is 2.54. The number of nitrogens with zero attached hydrogens (tertiary/aromatic N) is 3. The normalized spacial score (nSPS) is 10.9. The van der Waals surface area contributed by atoms with Gasteiger partial charge in [0, 0.05) is 10.9 Å². The fourth-order valence-corrected chi connectivity index (χ4v) is 2.73. The van der Waals surface area contributed by atoms with Crippen molar-refractivity contribution in [1.29, 1.82) is 0 Å². The van der Waals surface area contributed by atoms with Gasteiger partial charge in [-0.05, 0) is 39.7 Å². The molecular weight excluding hydrogens is 332 g/mol. The van der Waals surface area contributed by atoms with Gasteiger partial charge in [0.15, 0.2) is 0 Å². The molecule has 0 bridgehead atoms. The van der Waals surface area contributed by atoms with Crippen LogP contribution < -0.4 is 0 Å². The zero-order chi connectivity index (χ0) is 12.6. The summed E-state index contributed by atoms with van der Waals surface area (Å²) in [5.41, 5.74) is 0.542. The summed E-state index contributed by atoms with van der Waals surface area (Å²) in [7, 11) is 0. The van der Waals surface area contributed by atoms with E-state index in [1.54, 1.807) is 4.57 Å². The van der Waals surface area contributed by atoms with Gasteiger partial charge in [-0.3, -0.25) is 4.57 Å². The molecule has 17 heavy (non-hydrogen) atoms. The van der Waals surface area contributed by atoms with Gasteiger partial charge in [0.2, 0.25) is 5.28 Å². The highest BCUT2D eigenvalue weighted by Crippen LogP contribution is 2.32. The molecule has 0 saturated heterocycles. The van der Waals surface area contributed by atoms with Crippen LogP contribution in [0, 0.1) is 5.82 Å². The average molecular weight is 339 g/mol. The standard InChI is InChI=1S/C10H7BrCl2FN3/c1-2-8-15-16-10(13)17(8)9-6(11)3-5(14)4-7(9)12/h3-4H,2H2,1H3. The lowest BCUT2D eigenvalue weighted by molar-refractivity contribution is 0.626. The van der Waals surface area contributed by atoms with E-state index in [1.165, 1.54) is 12.1 Å². The zero-order valence-electron chi connectivity index (χ0n) is 8.72. The molecule has 90 valence electrons. The lowest BCUT2D eigenvalue weighted by Gasteiger charge is -2.11. The first-order valence-corrected chi connectivity index (χ1v) is 6.34. The van der Waals surface area contributed by atoms with Crippen LogP contribution in [0.4, 0.5) is 4.39 Å². The Morgan fingerprint density at radius 2 is 2.06 bits per heavy atom. The van der Waals surface area contributed by atoms with E-state index in [-0.39, 0.29) is 10.3 Å². The fraction of sp³-hybridized carbons (Fsp3) is 0.200. The van der Waals surface area contributed by atoms with Crippen molar-refractivity contribution in [3.8, 4) is 5.69 Å². The second kappa shape index (κ2) is 4.92. The summed E-state index contributed by atoms with van der Waals surface area (Å²) in [4.78, 5) is 0. The van der Waals surface area contributed by atoms with Gasteiger partial charge in [-0.1, -0.05) is 18.5 Å². The third-order valence-corrected chi connectivity index (χ3v) is 3.35. The molecule has 2 rings (SSSR count). The minimum Gasteiger partial charge on any atom is -0.267 e. The Hall–Kier alpha value is -0.650. The van der Waals surface area contributed by atoms with Crippen LogP contribution in [-0.4, -0.2) is 14.8 Å². The molecule has 0 saturated carbocycles. The number of benzene rings is 1. The highest BCUT2D eigenvalue weighted by atomic mass is 79.9. The molecule has 1 aromatic heterocycles. The minimum atomic E-state index is -0.423. The predicted molar refractivity (Wildman–Crippen MR) is 68.4 cm³/mol. The van der Waals surface area contributed by atoms with E-state index in [9.17, 15) is 4.39 Å². The number of hydrogen-bond acceptors (Lipinski definition) is 2. The lowest BCUT2D eigenvalue weighted by Crippen LogP contribution is -2.02. The van der Waals surface area contributed by atoms with E-state index < -0.39 is 5.82 Å². The van der Waals surface area contributed by atoms with Crippen LogP contribution >= 0.6 is 39.1 Å². The predicted octanol–water partition coefficient (Wildman–Crippen LogP) is 4.04. The Bertz CT molecular complexity index is 548. The first-order chi connectivity index (χ1) is 8.04. The topological polar surface area (TPSA) is 30.7 Å². The van der Waals surface area contributed by atoms with Gasteiger partial charge >= 0.3 is 0 Å². The van der Waals surface area contributed by atoms with Crippen molar-refractivity contribution in [3.05, 3.63) is 38.6 Å². The largest absolute Gasteiger partial charge is 0.267 e. The Morgan fingerprint density at radius 3 is 2.65 bits per heavy atom. The van der Waals surface area contributed by atoms with Crippen molar-refractivity contribution in [2.45, 2.75) is 13.3 Å². The fourth-order valence-electron chi connectivity index (χ4n) is 1.49. The monoisotopic (exact) mass is 337 g/mol. The molecule has 0 spiro atoms. The van der Waals surface area contributed by atoms with Gasteiger partial charge in [-0.15, -0.1) is 10.2 Å². The van der Waals surface area contributed by atoms with Gasteiger partial charge in [0.05, 0.1) is 10.7 Å². The SMILES string of the molecule is CCc1nnc(Cl)n1-c1c(Cl)cc(F)cc1Br. The minimum absolute atomic E-state index is 0.191. The number of rotatable bonds is 2. The molecule has 2 aromatic rings. The Balaban J connectivity index is 2.72. The van der Waals surface area contributed by atoms with Crippen molar-refractivity contribution in [2.24, 2.45) is 0 Å². The summed E-state index contributed by atoms with van der Waals surface area (Å²) >= 11 is 15.2. The zero-order valence-corrected chi connectivity index (χ0v) is 11.8. The molecule has 0 amide bonds. The molecule has 0 fully saturated rings. The van der Waals surface area contributed by atoms with E-state index in [2.05, 4.69) is 26.1 Å². The van der Waals surface area contributed by atoms with E-state index in [0.717, 1.165) is 0 Å². The van der Waals surface area contributed by atoms with Gasteiger partial charge in [0.1, 0.15) is 11.6 Å². The number of aryl methyl sites for hydroxylation is 1.